The fraction of sp³-hybridized carbons (Fsp3) is 0.130. The molecule has 0 unspecified atom stereocenters. The van der Waals surface area contributed by atoms with Crippen LogP contribution in [0.3, 0.4) is 0 Å². The second-order valence-corrected chi connectivity index (χ2v) is 7.53. The van der Waals surface area contributed by atoms with Gasteiger partial charge in [0.15, 0.2) is 11.5 Å². The molecule has 1 N–H and O–H groups in total. The number of halogens is 2. The maximum absolute atomic E-state index is 12.1. The number of carbonyl (C=O) groups excluding carboxylic acids is 1. The van der Waals surface area contributed by atoms with Crippen molar-refractivity contribution in [2.24, 2.45) is 5.10 Å². The van der Waals surface area contributed by atoms with Crippen LogP contribution in [0.4, 0.5) is 0 Å². The molecule has 0 aromatic heterocycles. The highest BCUT2D eigenvalue weighted by molar-refractivity contribution is 9.10. The minimum absolute atomic E-state index is 0.324. The SMILES string of the molecule is CCOc1cc(C=NNC(=O)c2ccc(Cl)cc2)cc(Br)c1OCc1ccccc1. The van der Waals surface area contributed by atoms with Crippen LogP contribution in [0.5, 0.6) is 11.5 Å². The molecule has 5 nitrogen and oxygen atoms in total. The molecule has 3 aromatic carbocycles. The topological polar surface area (TPSA) is 59.9 Å². The Morgan fingerprint density at radius 1 is 1.10 bits per heavy atom. The van der Waals surface area contributed by atoms with Crippen molar-refractivity contribution in [2.75, 3.05) is 6.61 Å². The maximum Gasteiger partial charge on any atom is 0.271 e. The van der Waals surface area contributed by atoms with E-state index in [2.05, 4.69) is 26.5 Å². The summed E-state index contributed by atoms with van der Waals surface area (Å²) in [4.78, 5) is 12.1. The largest absolute Gasteiger partial charge is 0.490 e. The molecule has 0 fully saturated rings. The van der Waals surface area contributed by atoms with E-state index < -0.39 is 0 Å². The van der Waals surface area contributed by atoms with Gasteiger partial charge in [-0.15, -0.1) is 0 Å². The highest BCUT2D eigenvalue weighted by Crippen LogP contribution is 2.37. The maximum atomic E-state index is 12.1. The fourth-order valence-corrected chi connectivity index (χ4v) is 3.33. The van der Waals surface area contributed by atoms with E-state index >= 15 is 0 Å². The monoisotopic (exact) mass is 486 g/mol. The van der Waals surface area contributed by atoms with Crippen molar-refractivity contribution in [3.8, 4) is 11.5 Å². The summed E-state index contributed by atoms with van der Waals surface area (Å²) in [5, 5.41) is 4.60. The molecule has 154 valence electrons. The van der Waals surface area contributed by atoms with Crippen LogP contribution < -0.4 is 14.9 Å². The molecular weight excluding hydrogens is 468 g/mol. The van der Waals surface area contributed by atoms with E-state index in [0.717, 1.165) is 15.6 Å². The lowest BCUT2D eigenvalue weighted by Gasteiger charge is -2.14. The number of nitrogens with zero attached hydrogens (tertiary/aromatic N) is 1. The van der Waals surface area contributed by atoms with E-state index in [9.17, 15) is 4.79 Å². The van der Waals surface area contributed by atoms with Crippen molar-refractivity contribution in [2.45, 2.75) is 13.5 Å². The number of rotatable bonds is 8. The molecule has 0 atom stereocenters. The molecule has 0 spiro atoms. The molecule has 0 aliphatic heterocycles. The third-order valence-corrected chi connectivity index (χ3v) is 4.88. The number of hydrazone groups is 1. The van der Waals surface area contributed by atoms with Crippen LogP contribution in [0.2, 0.25) is 5.02 Å². The molecule has 0 saturated heterocycles. The summed E-state index contributed by atoms with van der Waals surface area (Å²) in [7, 11) is 0. The van der Waals surface area contributed by atoms with Crippen molar-refractivity contribution in [1.82, 2.24) is 5.43 Å². The van der Waals surface area contributed by atoms with Gasteiger partial charge in [-0.25, -0.2) is 5.43 Å². The van der Waals surface area contributed by atoms with Crippen molar-refractivity contribution in [3.63, 3.8) is 0 Å². The normalized spacial score (nSPS) is 10.8. The second kappa shape index (κ2) is 10.8. The van der Waals surface area contributed by atoms with Gasteiger partial charge in [0, 0.05) is 10.6 Å². The van der Waals surface area contributed by atoms with Gasteiger partial charge in [0.1, 0.15) is 6.61 Å². The Morgan fingerprint density at radius 2 is 1.83 bits per heavy atom. The van der Waals surface area contributed by atoms with Gasteiger partial charge in [-0.1, -0.05) is 41.9 Å². The van der Waals surface area contributed by atoms with E-state index in [1.165, 1.54) is 0 Å². The Hall–Kier alpha value is -2.83. The van der Waals surface area contributed by atoms with Crippen LogP contribution in [0.25, 0.3) is 0 Å². The first-order valence-electron chi connectivity index (χ1n) is 9.29. The Bertz CT molecular complexity index is 1020. The van der Waals surface area contributed by atoms with Crippen LogP contribution in [0.15, 0.2) is 76.3 Å². The van der Waals surface area contributed by atoms with E-state index in [1.54, 1.807) is 30.5 Å². The first-order chi connectivity index (χ1) is 14.6. The molecule has 7 heteroatoms. The van der Waals surface area contributed by atoms with Gasteiger partial charge in [-0.2, -0.15) is 5.10 Å². The number of ether oxygens (including phenoxy) is 2. The van der Waals surface area contributed by atoms with Crippen molar-refractivity contribution < 1.29 is 14.3 Å². The number of nitrogens with one attached hydrogen (secondary N) is 1. The van der Waals surface area contributed by atoms with Gasteiger partial charge in [0.2, 0.25) is 0 Å². The van der Waals surface area contributed by atoms with E-state index in [0.29, 0.717) is 35.3 Å². The van der Waals surface area contributed by atoms with Crippen molar-refractivity contribution >= 4 is 39.7 Å². The second-order valence-electron chi connectivity index (χ2n) is 6.24. The zero-order valence-corrected chi connectivity index (χ0v) is 18.6. The Labute approximate surface area is 188 Å². The Kier molecular flexibility index (Phi) is 7.88. The summed E-state index contributed by atoms with van der Waals surface area (Å²) in [6, 6.07) is 20.1. The van der Waals surface area contributed by atoms with Crippen LogP contribution in [-0.4, -0.2) is 18.7 Å². The number of hydrogen-bond acceptors (Lipinski definition) is 4. The molecule has 0 radical (unpaired) electrons. The number of hydrogen-bond donors (Lipinski definition) is 1. The van der Waals surface area contributed by atoms with Crippen molar-refractivity contribution in [3.05, 3.63) is 92.9 Å². The molecular formula is C23H20BrClN2O3. The number of amides is 1. The zero-order valence-electron chi connectivity index (χ0n) is 16.3. The summed E-state index contributed by atoms with van der Waals surface area (Å²) >= 11 is 9.38. The molecule has 0 heterocycles. The van der Waals surface area contributed by atoms with Crippen LogP contribution in [-0.2, 0) is 6.61 Å². The molecule has 0 aliphatic carbocycles. The summed E-state index contributed by atoms with van der Waals surface area (Å²) in [5.41, 5.74) is 4.77. The highest BCUT2D eigenvalue weighted by Gasteiger charge is 2.12. The van der Waals surface area contributed by atoms with E-state index in [1.807, 2.05) is 49.4 Å². The minimum atomic E-state index is -0.324. The van der Waals surface area contributed by atoms with E-state index in [-0.39, 0.29) is 5.91 Å². The molecule has 0 saturated carbocycles. The van der Waals surface area contributed by atoms with Gasteiger partial charge in [0.05, 0.1) is 17.3 Å². The molecule has 1 amide bonds. The van der Waals surface area contributed by atoms with Gasteiger partial charge in [-0.05, 0) is 70.4 Å². The lowest BCUT2D eigenvalue weighted by atomic mass is 10.2. The van der Waals surface area contributed by atoms with Gasteiger partial charge < -0.3 is 9.47 Å². The molecule has 0 aliphatic rings. The Morgan fingerprint density at radius 3 is 2.53 bits per heavy atom. The predicted octanol–water partition coefficient (Wildman–Crippen LogP) is 5.84. The molecule has 30 heavy (non-hydrogen) atoms. The molecule has 3 rings (SSSR count). The fourth-order valence-electron chi connectivity index (χ4n) is 2.63. The Balaban J connectivity index is 1.71. The van der Waals surface area contributed by atoms with Gasteiger partial charge >= 0.3 is 0 Å². The average molecular weight is 488 g/mol. The van der Waals surface area contributed by atoms with Crippen LogP contribution >= 0.6 is 27.5 Å². The number of carbonyl (C=O) groups is 1. The first-order valence-corrected chi connectivity index (χ1v) is 10.5. The molecule has 3 aromatic rings. The predicted molar refractivity (Wildman–Crippen MR) is 123 cm³/mol. The minimum Gasteiger partial charge on any atom is -0.490 e. The van der Waals surface area contributed by atoms with Gasteiger partial charge in [0.25, 0.3) is 5.91 Å². The zero-order chi connectivity index (χ0) is 21.3. The summed E-state index contributed by atoms with van der Waals surface area (Å²) < 4.78 is 12.4. The van der Waals surface area contributed by atoms with Crippen LogP contribution in [0, 0.1) is 0 Å². The third kappa shape index (κ3) is 6.08. The van der Waals surface area contributed by atoms with Crippen molar-refractivity contribution in [1.29, 1.82) is 0 Å². The lowest BCUT2D eigenvalue weighted by molar-refractivity contribution is 0.0955. The quantitative estimate of drug-likeness (QED) is 0.320. The lowest BCUT2D eigenvalue weighted by Crippen LogP contribution is -2.17. The van der Waals surface area contributed by atoms with Gasteiger partial charge in [-0.3, -0.25) is 4.79 Å². The third-order valence-electron chi connectivity index (χ3n) is 4.04. The molecule has 0 bridgehead atoms. The average Bonchev–Trinajstić information content (AvgIpc) is 2.74. The summed E-state index contributed by atoms with van der Waals surface area (Å²) in [6.07, 6.45) is 1.54. The summed E-state index contributed by atoms with van der Waals surface area (Å²) in [6.45, 7) is 2.81. The van der Waals surface area contributed by atoms with E-state index in [4.69, 9.17) is 21.1 Å². The first kappa shape index (κ1) is 21.9. The summed E-state index contributed by atoms with van der Waals surface area (Å²) in [5.74, 6) is 0.881. The number of benzene rings is 3. The highest BCUT2D eigenvalue weighted by atomic mass is 79.9. The standard InChI is InChI=1S/C23H20BrClN2O3/c1-2-29-21-13-17(14-26-27-23(28)18-8-10-19(25)11-9-18)12-20(24)22(21)30-15-16-6-4-3-5-7-16/h3-14H,2,15H2,1H3,(H,27,28). The van der Waals surface area contributed by atoms with Crippen LogP contribution in [0.1, 0.15) is 28.4 Å². The smallest absolute Gasteiger partial charge is 0.271 e.